The van der Waals surface area contributed by atoms with Gasteiger partial charge in [0, 0.05) is 49.2 Å². The van der Waals surface area contributed by atoms with E-state index in [-0.39, 0.29) is 1.43 Å². The summed E-state index contributed by atoms with van der Waals surface area (Å²) in [5.41, 5.74) is 17.7. The number of hydrogen-bond acceptors (Lipinski definition) is 2. The Kier molecular flexibility index (Phi) is 4.71. The molecule has 2 aliphatic carbocycles. The van der Waals surface area contributed by atoms with E-state index in [2.05, 4.69) is 145 Å². The fraction of sp³-hybridized carbons (Fsp3) is 0.0400. The maximum atomic E-state index is 5.00. The van der Waals surface area contributed by atoms with Crippen LogP contribution >= 0.6 is 0 Å². The van der Waals surface area contributed by atoms with Crippen LogP contribution in [0.1, 0.15) is 24.4 Å². The highest BCUT2D eigenvalue weighted by molar-refractivity contribution is 6.29. The molecule has 2 aromatic heterocycles. The van der Waals surface area contributed by atoms with Crippen LogP contribution < -0.4 is 0 Å². The molecule has 0 N–H and O–H groups in total. The molecule has 2 aliphatic rings. The molecule has 0 unspecified atom stereocenters. The van der Waals surface area contributed by atoms with Crippen molar-refractivity contribution in [1.82, 2.24) is 9.97 Å². The minimum Gasteiger partial charge on any atom is -0.264 e. The van der Waals surface area contributed by atoms with Gasteiger partial charge in [-0.2, -0.15) is 0 Å². The molecular formula is C50H40N2. The molecule has 8 aromatic carbocycles. The molecule has 0 saturated carbocycles. The first-order valence-electron chi connectivity index (χ1n) is 22.0. The third-order valence-corrected chi connectivity index (χ3v) is 12.0. The van der Waals surface area contributed by atoms with E-state index in [0.29, 0.717) is 0 Å². The molecule has 2 nitrogen and oxygen atoms in total. The van der Waals surface area contributed by atoms with Crippen molar-refractivity contribution in [2.45, 2.75) is 13.8 Å². The standard InChI is InChI=1S/C50H30N2.5H2/c1-27-15-17-51-25-47(27)45-23-41-40-20-36-32-12-4-8-30-10-6-14-34(50(30)32)38(36)22-44(40)46(48-26-52-18-16-28(48)2)24-42(41)39-19-35-31-11-3-7-29-9-5-13-33(49(29)31)37(35)21-43(39)45;;;;;/h3-26H,1-2H3;5*1H/i;4*1+1D;1+1. The summed E-state index contributed by atoms with van der Waals surface area (Å²) in [6, 6.07) is 45.9. The van der Waals surface area contributed by atoms with Crippen LogP contribution in [0.25, 0.3) is 121 Å². The average Bonchev–Trinajstić information content (AvgIpc) is 3.81. The van der Waals surface area contributed by atoms with Gasteiger partial charge in [-0.3, -0.25) is 9.97 Å². The van der Waals surface area contributed by atoms with Gasteiger partial charge in [0.05, 0.1) is 0 Å². The smallest absolute Gasteiger partial charge is 0.0349 e. The van der Waals surface area contributed by atoms with Gasteiger partial charge >= 0.3 is 0 Å². The van der Waals surface area contributed by atoms with E-state index in [0.717, 1.165) is 0 Å². The molecule has 250 valence electrons. The second-order valence-corrected chi connectivity index (χ2v) is 14.6. The number of rotatable bonds is 2. The number of pyridine rings is 2. The second kappa shape index (κ2) is 9.99. The highest BCUT2D eigenvalue weighted by Crippen LogP contribution is 2.54. The fourth-order valence-corrected chi connectivity index (χ4v) is 9.54. The Hall–Kier alpha value is -6.64. The molecule has 2 heterocycles. The Bertz CT molecular complexity index is 3070. The van der Waals surface area contributed by atoms with Crippen molar-refractivity contribution in [1.29, 1.82) is 0 Å². The van der Waals surface area contributed by atoms with Crippen LogP contribution in [0.3, 0.4) is 0 Å². The number of fused-ring (bicyclic) bond motifs is 11. The third-order valence-electron chi connectivity index (χ3n) is 12.0. The molecule has 0 bridgehead atoms. The van der Waals surface area contributed by atoms with Crippen molar-refractivity contribution in [2.24, 2.45) is 0 Å². The van der Waals surface area contributed by atoms with Crippen LogP contribution in [0.15, 0.2) is 146 Å². The van der Waals surface area contributed by atoms with Crippen LogP contribution in [0.2, 0.25) is 0 Å². The maximum Gasteiger partial charge on any atom is 0.0349 e. The van der Waals surface area contributed by atoms with Gasteiger partial charge in [0.2, 0.25) is 0 Å². The van der Waals surface area contributed by atoms with Crippen molar-refractivity contribution < 1.29 is 13.3 Å². The Labute approximate surface area is 314 Å². The number of aromatic nitrogens is 2. The van der Waals surface area contributed by atoms with Gasteiger partial charge in [0.1, 0.15) is 0 Å². The summed E-state index contributed by atoms with van der Waals surface area (Å²) in [6.45, 7) is 4.41. The Balaban J connectivity index is 0.000000592. The summed E-state index contributed by atoms with van der Waals surface area (Å²) < 4.78 is 40.0. The number of aryl methyl sites for hydroxylation is 2. The first-order valence-corrected chi connectivity index (χ1v) is 18.0. The predicted octanol–water partition coefficient (Wildman–Crippen LogP) is 14.7. The lowest BCUT2D eigenvalue weighted by Crippen LogP contribution is -1.94. The van der Waals surface area contributed by atoms with E-state index < -0.39 is 0 Å². The Morgan fingerprint density at radius 3 is 1.04 bits per heavy atom. The molecule has 0 radical (unpaired) electrons. The number of nitrogens with zero attached hydrogens (tertiary/aromatic N) is 2. The minimum atomic E-state index is 0. The van der Waals surface area contributed by atoms with Gasteiger partial charge in [0.25, 0.3) is 0 Å². The number of hydrogen-bond donors (Lipinski definition) is 0. The third kappa shape index (κ3) is 3.58. The molecule has 52 heavy (non-hydrogen) atoms. The largest absolute Gasteiger partial charge is 0.264 e. The van der Waals surface area contributed by atoms with Crippen molar-refractivity contribution in [3.8, 4) is 66.8 Å². The Morgan fingerprint density at radius 1 is 0.346 bits per heavy atom. The van der Waals surface area contributed by atoms with Gasteiger partial charge in [-0.15, -0.1) is 0 Å². The zero-order valence-corrected chi connectivity index (χ0v) is 28.8. The van der Waals surface area contributed by atoms with Crippen LogP contribution in [-0.2, 0) is 0 Å². The first-order chi connectivity index (χ1) is 29.6. The molecule has 0 saturated heterocycles. The molecule has 0 aliphatic heterocycles. The van der Waals surface area contributed by atoms with Gasteiger partial charge in [-0.25, -0.2) is 0 Å². The monoisotopic (exact) mass is 677 g/mol. The van der Waals surface area contributed by atoms with E-state index in [1.165, 1.54) is 132 Å². The maximum absolute atomic E-state index is 5.00. The van der Waals surface area contributed by atoms with Gasteiger partial charge in [0.15, 0.2) is 0 Å². The molecule has 10 aromatic rings. The zero-order valence-electron chi connectivity index (χ0n) is 36.8. The predicted molar refractivity (Wildman–Crippen MR) is 229 cm³/mol. The molecule has 2 heteroatoms. The zero-order chi connectivity index (χ0) is 42.2. The Morgan fingerprint density at radius 2 is 0.673 bits per heavy atom. The lowest BCUT2D eigenvalue weighted by molar-refractivity contribution is 1.29. The highest BCUT2D eigenvalue weighted by atomic mass is 14.6. The van der Waals surface area contributed by atoms with Crippen LogP contribution in [0.4, 0.5) is 0 Å². The highest BCUT2D eigenvalue weighted by Gasteiger charge is 2.27. The molecule has 0 spiro atoms. The lowest BCUT2D eigenvalue weighted by Gasteiger charge is -2.19. The topological polar surface area (TPSA) is 25.8 Å². The molecule has 0 atom stereocenters. The van der Waals surface area contributed by atoms with E-state index in [1.807, 2.05) is 24.8 Å². The van der Waals surface area contributed by atoms with E-state index in [1.54, 1.807) is 0 Å². The summed E-state index contributed by atoms with van der Waals surface area (Å²) >= 11 is 0. The van der Waals surface area contributed by atoms with Gasteiger partial charge in [-0.1, -0.05) is 72.8 Å². The van der Waals surface area contributed by atoms with Crippen LogP contribution in [-0.4, -0.2) is 9.97 Å². The fourth-order valence-electron chi connectivity index (χ4n) is 9.54. The normalized spacial score (nSPS) is 13.0. The minimum absolute atomic E-state index is 0. The first kappa shape index (κ1) is 24.5. The SMILES string of the molecule is Cc1ccncc1-c1cc2c3cc4c(cc3c(-c3cnccc3C)cc2c2cc3c(cc12)-c1cccc2cccc-3c12)-c1cccc2cccc-4c12.[2HH].[2H][2H].[2H][2H].[2H][2H].[2H][2H]. The summed E-state index contributed by atoms with van der Waals surface area (Å²) in [7, 11) is 0. The number of benzene rings is 8. The van der Waals surface area contributed by atoms with E-state index in [9.17, 15) is 0 Å². The molecule has 0 fully saturated rings. The lowest BCUT2D eigenvalue weighted by atomic mass is 9.84. The van der Waals surface area contributed by atoms with Crippen molar-refractivity contribution in [3.05, 3.63) is 157 Å². The van der Waals surface area contributed by atoms with Crippen molar-refractivity contribution in [2.75, 3.05) is 0 Å². The molecule has 12 rings (SSSR count). The van der Waals surface area contributed by atoms with E-state index in [4.69, 9.17) is 11.9 Å². The quantitative estimate of drug-likeness (QED) is 0.170. The van der Waals surface area contributed by atoms with Crippen LogP contribution in [0, 0.1) is 13.8 Å². The molecular weight excluding hydrogens is 629 g/mol. The molecule has 0 amide bonds. The summed E-state index contributed by atoms with van der Waals surface area (Å²) in [4.78, 5) is 9.31. The summed E-state index contributed by atoms with van der Waals surface area (Å²) in [5.74, 6) is 0. The van der Waals surface area contributed by atoms with E-state index >= 15 is 0 Å². The summed E-state index contributed by atoms with van der Waals surface area (Å²) in [6.07, 6.45) is 7.89. The average molecular weight is 678 g/mol. The summed E-state index contributed by atoms with van der Waals surface area (Å²) in [5, 5.41) is 12.8. The second-order valence-electron chi connectivity index (χ2n) is 14.6. The van der Waals surface area contributed by atoms with Crippen molar-refractivity contribution >= 4 is 53.9 Å². The van der Waals surface area contributed by atoms with Crippen molar-refractivity contribution in [3.63, 3.8) is 0 Å². The van der Waals surface area contributed by atoms with Gasteiger partial charge < -0.3 is 0 Å². The van der Waals surface area contributed by atoms with Gasteiger partial charge in [-0.05, 0) is 183 Å². The van der Waals surface area contributed by atoms with Crippen LogP contribution in [0.5, 0.6) is 0 Å².